The van der Waals surface area contributed by atoms with Crippen LogP contribution in [0.3, 0.4) is 0 Å². The van der Waals surface area contributed by atoms with Crippen LogP contribution >= 0.6 is 0 Å². The van der Waals surface area contributed by atoms with E-state index in [1.807, 2.05) is 20.8 Å². The standard InChI is InChI=1S/C18H22N2O4/c1-4-11-23-18(22)14-5-7-15(8-6-14)19-17(21)10-9-16-12(2)20-24-13(16)3/h5-8H,4,9-11H2,1-3H3,(H,19,21). The molecule has 2 rings (SSSR count). The van der Waals surface area contributed by atoms with Gasteiger partial charge in [0.05, 0.1) is 17.9 Å². The number of nitrogens with zero attached hydrogens (tertiary/aromatic N) is 1. The average Bonchev–Trinajstić information content (AvgIpc) is 2.89. The first-order chi connectivity index (χ1) is 11.5. The predicted octanol–water partition coefficient (Wildman–Crippen LogP) is 3.43. The third-order valence-corrected chi connectivity index (χ3v) is 3.62. The second kappa shape index (κ2) is 8.29. The fourth-order valence-electron chi connectivity index (χ4n) is 2.29. The Morgan fingerprint density at radius 2 is 1.92 bits per heavy atom. The molecule has 128 valence electrons. The summed E-state index contributed by atoms with van der Waals surface area (Å²) in [5, 5.41) is 6.69. The number of aromatic nitrogens is 1. The van der Waals surface area contributed by atoms with Crippen LogP contribution in [-0.4, -0.2) is 23.6 Å². The van der Waals surface area contributed by atoms with Crippen molar-refractivity contribution in [2.75, 3.05) is 11.9 Å². The zero-order valence-corrected chi connectivity index (χ0v) is 14.2. The van der Waals surface area contributed by atoms with E-state index in [1.54, 1.807) is 24.3 Å². The largest absolute Gasteiger partial charge is 0.462 e. The summed E-state index contributed by atoms with van der Waals surface area (Å²) in [4.78, 5) is 23.7. The highest BCUT2D eigenvalue weighted by Gasteiger charge is 2.12. The molecule has 0 aliphatic carbocycles. The van der Waals surface area contributed by atoms with Gasteiger partial charge < -0.3 is 14.6 Å². The molecule has 1 aromatic heterocycles. The number of nitrogens with one attached hydrogen (secondary N) is 1. The lowest BCUT2D eigenvalue weighted by Gasteiger charge is -2.07. The molecule has 0 saturated heterocycles. The van der Waals surface area contributed by atoms with Gasteiger partial charge in [0.15, 0.2) is 0 Å². The van der Waals surface area contributed by atoms with E-state index in [-0.39, 0.29) is 11.9 Å². The minimum Gasteiger partial charge on any atom is -0.462 e. The number of rotatable bonds is 7. The minimum absolute atomic E-state index is 0.101. The highest BCUT2D eigenvalue weighted by Crippen LogP contribution is 2.15. The second-order valence-corrected chi connectivity index (χ2v) is 5.56. The Hall–Kier alpha value is -2.63. The summed E-state index contributed by atoms with van der Waals surface area (Å²) in [6.45, 7) is 6.04. The molecule has 24 heavy (non-hydrogen) atoms. The quantitative estimate of drug-likeness (QED) is 0.787. The molecule has 1 aromatic carbocycles. The topological polar surface area (TPSA) is 81.4 Å². The Labute approximate surface area is 141 Å². The third-order valence-electron chi connectivity index (χ3n) is 3.62. The lowest BCUT2D eigenvalue weighted by molar-refractivity contribution is -0.116. The van der Waals surface area contributed by atoms with Gasteiger partial charge >= 0.3 is 5.97 Å². The molecule has 0 bridgehead atoms. The van der Waals surface area contributed by atoms with E-state index < -0.39 is 0 Å². The molecule has 0 spiro atoms. The number of carbonyl (C=O) groups excluding carboxylic acids is 2. The van der Waals surface area contributed by atoms with Crippen LogP contribution in [0.15, 0.2) is 28.8 Å². The zero-order valence-electron chi connectivity index (χ0n) is 14.2. The van der Waals surface area contributed by atoms with E-state index in [2.05, 4.69) is 10.5 Å². The molecule has 6 nitrogen and oxygen atoms in total. The number of carbonyl (C=O) groups is 2. The molecule has 1 heterocycles. The summed E-state index contributed by atoms with van der Waals surface area (Å²) in [6, 6.07) is 6.66. The maximum Gasteiger partial charge on any atom is 0.338 e. The second-order valence-electron chi connectivity index (χ2n) is 5.56. The lowest BCUT2D eigenvalue weighted by atomic mass is 10.1. The Bertz CT molecular complexity index is 685. The fraction of sp³-hybridized carbons (Fsp3) is 0.389. The summed E-state index contributed by atoms with van der Waals surface area (Å²) < 4.78 is 10.1. The fourth-order valence-corrected chi connectivity index (χ4v) is 2.29. The van der Waals surface area contributed by atoms with Crippen molar-refractivity contribution in [3.05, 3.63) is 46.8 Å². The Balaban J connectivity index is 1.87. The van der Waals surface area contributed by atoms with Crippen LogP contribution in [0.5, 0.6) is 0 Å². The maximum absolute atomic E-state index is 12.0. The Morgan fingerprint density at radius 1 is 1.21 bits per heavy atom. The molecule has 6 heteroatoms. The van der Waals surface area contributed by atoms with Crippen LogP contribution in [0.4, 0.5) is 5.69 Å². The normalized spacial score (nSPS) is 10.5. The summed E-state index contributed by atoms with van der Waals surface area (Å²) in [5.74, 6) is 0.291. The lowest BCUT2D eigenvalue weighted by Crippen LogP contribution is -2.13. The molecule has 0 atom stereocenters. The molecule has 1 N–H and O–H groups in total. The van der Waals surface area contributed by atoms with Crippen molar-refractivity contribution in [2.45, 2.75) is 40.0 Å². The van der Waals surface area contributed by atoms with E-state index in [1.165, 1.54) is 0 Å². The van der Waals surface area contributed by atoms with Gasteiger partial charge in [-0.2, -0.15) is 0 Å². The summed E-state index contributed by atoms with van der Waals surface area (Å²) in [5.41, 5.74) is 2.90. The first-order valence-corrected chi connectivity index (χ1v) is 8.00. The first-order valence-electron chi connectivity index (χ1n) is 8.00. The van der Waals surface area contributed by atoms with Crippen LogP contribution in [0.25, 0.3) is 0 Å². The first kappa shape index (κ1) is 17.7. The minimum atomic E-state index is -0.354. The van der Waals surface area contributed by atoms with E-state index in [0.29, 0.717) is 30.7 Å². The van der Waals surface area contributed by atoms with Gasteiger partial charge in [-0.05, 0) is 51.0 Å². The maximum atomic E-state index is 12.0. The highest BCUT2D eigenvalue weighted by atomic mass is 16.5. The van der Waals surface area contributed by atoms with E-state index >= 15 is 0 Å². The number of anilines is 1. The van der Waals surface area contributed by atoms with Crippen molar-refractivity contribution in [3.63, 3.8) is 0 Å². The zero-order chi connectivity index (χ0) is 17.5. The van der Waals surface area contributed by atoms with Crippen molar-refractivity contribution < 1.29 is 18.8 Å². The van der Waals surface area contributed by atoms with Gasteiger partial charge in [-0.3, -0.25) is 4.79 Å². The van der Waals surface area contributed by atoms with E-state index in [9.17, 15) is 9.59 Å². The van der Waals surface area contributed by atoms with Crippen LogP contribution in [0, 0.1) is 13.8 Å². The number of aryl methyl sites for hydroxylation is 2. The van der Waals surface area contributed by atoms with Crippen LogP contribution in [0.1, 0.15) is 47.1 Å². The van der Waals surface area contributed by atoms with Gasteiger partial charge in [-0.15, -0.1) is 0 Å². The van der Waals surface area contributed by atoms with Crippen molar-refractivity contribution in [1.29, 1.82) is 0 Å². The molecule has 0 saturated carbocycles. The summed E-state index contributed by atoms with van der Waals surface area (Å²) in [7, 11) is 0. The number of hydrogen-bond donors (Lipinski definition) is 1. The third kappa shape index (κ3) is 4.68. The Kier molecular flexibility index (Phi) is 6.12. The number of ether oxygens (including phenoxy) is 1. The number of hydrogen-bond acceptors (Lipinski definition) is 5. The molecular weight excluding hydrogens is 308 g/mol. The summed E-state index contributed by atoms with van der Waals surface area (Å²) >= 11 is 0. The van der Waals surface area contributed by atoms with Crippen molar-refractivity contribution in [3.8, 4) is 0 Å². The van der Waals surface area contributed by atoms with Crippen molar-refractivity contribution in [2.24, 2.45) is 0 Å². The van der Waals surface area contributed by atoms with Gasteiger partial charge in [0.1, 0.15) is 5.76 Å². The molecule has 2 aromatic rings. The molecule has 0 unspecified atom stereocenters. The van der Waals surface area contributed by atoms with Crippen LogP contribution in [0.2, 0.25) is 0 Å². The SMILES string of the molecule is CCCOC(=O)c1ccc(NC(=O)CCc2c(C)noc2C)cc1. The molecule has 0 aliphatic heterocycles. The van der Waals surface area contributed by atoms with Crippen LogP contribution in [-0.2, 0) is 16.0 Å². The van der Waals surface area contributed by atoms with Gasteiger partial charge in [-0.1, -0.05) is 12.1 Å². The molecule has 0 aliphatic rings. The Morgan fingerprint density at radius 3 is 2.50 bits per heavy atom. The van der Waals surface area contributed by atoms with Crippen molar-refractivity contribution in [1.82, 2.24) is 5.16 Å². The van der Waals surface area contributed by atoms with Gasteiger partial charge in [-0.25, -0.2) is 4.79 Å². The molecular formula is C18H22N2O4. The predicted molar refractivity (Wildman–Crippen MR) is 89.9 cm³/mol. The van der Waals surface area contributed by atoms with E-state index in [0.717, 1.165) is 23.4 Å². The van der Waals surface area contributed by atoms with Gasteiger partial charge in [0.25, 0.3) is 0 Å². The van der Waals surface area contributed by atoms with Crippen molar-refractivity contribution >= 4 is 17.6 Å². The van der Waals surface area contributed by atoms with Crippen LogP contribution < -0.4 is 5.32 Å². The van der Waals surface area contributed by atoms with E-state index in [4.69, 9.17) is 9.26 Å². The number of esters is 1. The van der Waals surface area contributed by atoms with Gasteiger partial charge in [0.2, 0.25) is 5.91 Å². The number of amides is 1. The smallest absolute Gasteiger partial charge is 0.338 e. The highest BCUT2D eigenvalue weighted by molar-refractivity contribution is 5.93. The monoisotopic (exact) mass is 330 g/mol. The average molecular weight is 330 g/mol. The van der Waals surface area contributed by atoms with Gasteiger partial charge in [0, 0.05) is 17.7 Å². The molecule has 0 fully saturated rings. The molecule has 1 amide bonds. The molecule has 0 radical (unpaired) electrons. The summed E-state index contributed by atoms with van der Waals surface area (Å²) in [6.07, 6.45) is 1.70. The number of benzene rings is 1.